The molecule has 2 atom stereocenters. The highest BCUT2D eigenvalue weighted by atomic mass is 32.2. The Morgan fingerprint density at radius 2 is 1.81 bits per heavy atom. The molecule has 0 bridgehead atoms. The molecule has 0 aliphatic heterocycles. The largest absolute Gasteiger partial charge is 0.326 e. The summed E-state index contributed by atoms with van der Waals surface area (Å²) in [5.41, 5.74) is 0.630. The van der Waals surface area contributed by atoms with E-state index in [0.29, 0.717) is 11.6 Å². The highest BCUT2D eigenvalue weighted by Crippen LogP contribution is 2.38. The van der Waals surface area contributed by atoms with Crippen LogP contribution in [0.1, 0.15) is 27.2 Å². The molecule has 0 aromatic heterocycles. The van der Waals surface area contributed by atoms with Gasteiger partial charge in [-0.2, -0.15) is 4.31 Å². The molecule has 1 saturated carbocycles. The Morgan fingerprint density at radius 1 is 1.29 bits per heavy atom. The average molecular weight is 310 g/mol. The Bertz CT molecular complexity index is 623. The molecule has 0 spiro atoms. The zero-order chi connectivity index (χ0) is 15.8. The van der Waals surface area contributed by atoms with E-state index in [1.807, 2.05) is 20.8 Å². The molecule has 6 heteroatoms. The van der Waals surface area contributed by atoms with E-state index < -0.39 is 10.0 Å². The first kappa shape index (κ1) is 16.0. The Morgan fingerprint density at radius 3 is 2.24 bits per heavy atom. The lowest BCUT2D eigenvalue weighted by Crippen LogP contribution is -2.33. The molecule has 1 aromatic rings. The standard InChI is InChI=1S/C15H22N2O3S/c1-10(2)17(4)21(19,20)13-7-5-12(6-8-13)16-15(18)14-9-11(14)3/h5-8,10-11,14H,9H2,1-4H3,(H,16,18)/t11-,14-/m0/s1. The summed E-state index contributed by atoms with van der Waals surface area (Å²) < 4.78 is 25.9. The van der Waals surface area contributed by atoms with Gasteiger partial charge in [-0.25, -0.2) is 8.42 Å². The van der Waals surface area contributed by atoms with Gasteiger partial charge >= 0.3 is 0 Å². The van der Waals surface area contributed by atoms with E-state index in [2.05, 4.69) is 5.32 Å². The van der Waals surface area contributed by atoms with Crippen molar-refractivity contribution in [3.8, 4) is 0 Å². The van der Waals surface area contributed by atoms with E-state index in [1.54, 1.807) is 19.2 Å². The number of rotatable bonds is 5. The number of amides is 1. The monoisotopic (exact) mass is 310 g/mol. The quantitative estimate of drug-likeness (QED) is 0.907. The zero-order valence-corrected chi connectivity index (χ0v) is 13.6. The van der Waals surface area contributed by atoms with Crippen LogP contribution < -0.4 is 5.32 Å². The molecule has 0 radical (unpaired) electrons. The lowest BCUT2D eigenvalue weighted by atomic mass is 10.3. The second-order valence-corrected chi connectivity index (χ2v) is 7.95. The van der Waals surface area contributed by atoms with E-state index in [-0.39, 0.29) is 22.8 Å². The van der Waals surface area contributed by atoms with Crippen LogP contribution in [0.4, 0.5) is 5.69 Å². The Labute approximate surface area is 126 Å². The van der Waals surface area contributed by atoms with Gasteiger partial charge in [0.1, 0.15) is 0 Å². The molecule has 0 heterocycles. The van der Waals surface area contributed by atoms with Gasteiger partial charge in [0.2, 0.25) is 15.9 Å². The van der Waals surface area contributed by atoms with Crippen molar-refractivity contribution in [2.24, 2.45) is 11.8 Å². The number of anilines is 1. The zero-order valence-electron chi connectivity index (χ0n) is 12.8. The van der Waals surface area contributed by atoms with Crippen LogP contribution in [0.3, 0.4) is 0 Å². The normalized spacial score (nSPS) is 21.6. The van der Waals surface area contributed by atoms with E-state index >= 15 is 0 Å². The Hall–Kier alpha value is -1.40. The van der Waals surface area contributed by atoms with Crippen LogP contribution in [-0.2, 0) is 14.8 Å². The molecular formula is C15H22N2O3S. The summed E-state index contributed by atoms with van der Waals surface area (Å²) in [6, 6.07) is 6.21. The molecule has 0 saturated heterocycles. The van der Waals surface area contributed by atoms with Gasteiger partial charge in [-0.1, -0.05) is 6.92 Å². The van der Waals surface area contributed by atoms with Crippen LogP contribution >= 0.6 is 0 Å². The minimum atomic E-state index is -3.48. The summed E-state index contributed by atoms with van der Waals surface area (Å²) in [4.78, 5) is 12.1. The first-order chi connectivity index (χ1) is 9.73. The topological polar surface area (TPSA) is 66.5 Å². The number of sulfonamides is 1. The summed E-state index contributed by atoms with van der Waals surface area (Å²) in [5, 5.41) is 2.82. The van der Waals surface area contributed by atoms with Crippen molar-refractivity contribution in [2.45, 2.75) is 38.1 Å². The van der Waals surface area contributed by atoms with Gasteiger partial charge in [0.15, 0.2) is 0 Å². The van der Waals surface area contributed by atoms with Crippen molar-refractivity contribution in [3.63, 3.8) is 0 Å². The number of nitrogens with one attached hydrogen (secondary N) is 1. The number of hydrogen-bond acceptors (Lipinski definition) is 3. The van der Waals surface area contributed by atoms with Crippen molar-refractivity contribution in [2.75, 3.05) is 12.4 Å². The van der Waals surface area contributed by atoms with Crippen molar-refractivity contribution in [3.05, 3.63) is 24.3 Å². The van der Waals surface area contributed by atoms with Crippen molar-refractivity contribution in [1.82, 2.24) is 4.31 Å². The molecule has 1 N–H and O–H groups in total. The fourth-order valence-electron chi connectivity index (χ4n) is 2.08. The summed E-state index contributed by atoms with van der Waals surface area (Å²) in [6.07, 6.45) is 0.928. The maximum Gasteiger partial charge on any atom is 0.243 e. The molecule has 21 heavy (non-hydrogen) atoms. The van der Waals surface area contributed by atoms with Crippen molar-refractivity contribution >= 4 is 21.6 Å². The number of hydrogen-bond donors (Lipinski definition) is 1. The van der Waals surface area contributed by atoms with Crippen molar-refractivity contribution in [1.29, 1.82) is 0 Å². The molecule has 5 nitrogen and oxygen atoms in total. The predicted octanol–water partition coefficient (Wildman–Crippen LogP) is 2.31. The van der Waals surface area contributed by atoms with Crippen molar-refractivity contribution < 1.29 is 13.2 Å². The Balaban J connectivity index is 2.10. The number of carbonyl (C=O) groups excluding carboxylic acids is 1. The number of carbonyl (C=O) groups is 1. The Kier molecular flexibility index (Phi) is 4.39. The third-order valence-corrected chi connectivity index (χ3v) is 6.02. The van der Waals surface area contributed by atoms with Crippen LogP contribution in [0, 0.1) is 11.8 Å². The van der Waals surface area contributed by atoms with Gasteiger partial charge in [-0.3, -0.25) is 4.79 Å². The van der Waals surface area contributed by atoms with E-state index in [4.69, 9.17) is 0 Å². The first-order valence-electron chi connectivity index (χ1n) is 7.12. The van der Waals surface area contributed by atoms with Crippen LogP contribution in [0.5, 0.6) is 0 Å². The van der Waals surface area contributed by atoms with Crippen LogP contribution in [0.25, 0.3) is 0 Å². The maximum atomic E-state index is 12.3. The summed E-state index contributed by atoms with van der Waals surface area (Å²) in [5.74, 6) is 0.558. The second-order valence-electron chi connectivity index (χ2n) is 5.95. The van der Waals surface area contributed by atoms with Gasteiger partial charge in [-0.05, 0) is 50.5 Å². The van der Waals surface area contributed by atoms with Gasteiger partial charge in [-0.15, -0.1) is 0 Å². The summed E-state index contributed by atoms with van der Waals surface area (Å²) in [6.45, 7) is 5.69. The minimum absolute atomic E-state index is 0.0115. The third kappa shape index (κ3) is 3.44. The van der Waals surface area contributed by atoms with Crippen LogP contribution in [0.15, 0.2) is 29.2 Å². The van der Waals surface area contributed by atoms with E-state index in [9.17, 15) is 13.2 Å². The van der Waals surface area contributed by atoms with E-state index in [1.165, 1.54) is 16.4 Å². The molecule has 116 valence electrons. The van der Waals surface area contributed by atoms with Gasteiger partial charge in [0.25, 0.3) is 0 Å². The molecule has 0 unspecified atom stereocenters. The average Bonchev–Trinajstić information content (AvgIpc) is 3.15. The molecule has 1 fully saturated rings. The lowest BCUT2D eigenvalue weighted by Gasteiger charge is -2.21. The smallest absolute Gasteiger partial charge is 0.243 e. The van der Waals surface area contributed by atoms with Gasteiger partial charge < -0.3 is 5.32 Å². The van der Waals surface area contributed by atoms with E-state index in [0.717, 1.165) is 6.42 Å². The highest BCUT2D eigenvalue weighted by Gasteiger charge is 2.39. The predicted molar refractivity (Wildman–Crippen MR) is 82.4 cm³/mol. The molecule has 1 amide bonds. The van der Waals surface area contributed by atoms with Gasteiger partial charge in [0.05, 0.1) is 4.90 Å². The SMILES string of the molecule is CC(C)N(C)S(=O)(=O)c1ccc(NC(=O)[C@H]2C[C@@H]2C)cc1. The molecule has 1 aliphatic carbocycles. The fraction of sp³-hybridized carbons (Fsp3) is 0.533. The third-order valence-electron chi connectivity index (χ3n) is 3.97. The highest BCUT2D eigenvalue weighted by molar-refractivity contribution is 7.89. The maximum absolute atomic E-state index is 12.3. The molecular weight excluding hydrogens is 288 g/mol. The minimum Gasteiger partial charge on any atom is -0.326 e. The fourth-order valence-corrected chi connectivity index (χ4v) is 3.44. The summed E-state index contributed by atoms with van der Waals surface area (Å²) in [7, 11) is -1.92. The first-order valence-corrected chi connectivity index (χ1v) is 8.56. The lowest BCUT2D eigenvalue weighted by molar-refractivity contribution is -0.117. The summed E-state index contributed by atoms with van der Waals surface area (Å²) >= 11 is 0. The van der Waals surface area contributed by atoms with Crippen LogP contribution in [-0.4, -0.2) is 31.7 Å². The molecule has 2 rings (SSSR count). The second kappa shape index (κ2) is 5.77. The molecule has 1 aromatic carbocycles. The number of benzene rings is 1. The van der Waals surface area contributed by atoms with Gasteiger partial charge in [0, 0.05) is 24.7 Å². The van der Waals surface area contributed by atoms with Crippen LogP contribution in [0.2, 0.25) is 0 Å². The molecule has 1 aliphatic rings. The number of nitrogens with zero attached hydrogens (tertiary/aromatic N) is 1.